The van der Waals surface area contributed by atoms with E-state index in [0.29, 0.717) is 6.42 Å². The molecular formula is C12H17NO4S. The monoisotopic (exact) mass is 271 g/mol. The van der Waals surface area contributed by atoms with Gasteiger partial charge in [-0.15, -0.1) is 0 Å². The molecular weight excluding hydrogens is 254 g/mol. The van der Waals surface area contributed by atoms with Gasteiger partial charge in [0.05, 0.1) is 4.90 Å². The zero-order valence-corrected chi connectivity index (χ0v) is 11.1. The second kappa shape index (κ2) is 7.13. The van der Waals surface area contributed by atoms with Crippen LogP contribution in [0.3, 0.4) is 0 Å². The van der Waals surface area contributed by atoms with E-state index in [2.05, 4.69) is 4.84 Å². The minimum atomic E-state index is -3.78. The molecule has 0 atom stereocenters. The molecule has 0 unspecified atom stereocenters. The summed E-state index contributed by atoms with van der Waals surface area (Å²) in [6.45, 7) is 2.02. The summed E-state index contributed by atoms with van der Waals surface area (Å²) in [6, 6.07) is 7.74. The van der Waals surface area contributed by atoms with Crippen molar-refractivity contribution >= 4 is 16.0 Å². The van der Waals surface area contributed by atoms with Crippen molar-refractivity contribution in [3.63, 3.8) is 0 Å². The Morgan fingerprint density at radius 2 is 1.89 bits per heavy atom. The van der Waals surface area contributed by atoms with E-state index in [-0.39, 0.29) is 11.3 Å². The molecule has 1 N–H and O–H groups in total. The molecule has 0 aliphatic heterocycles. The molecule has 1 aromatic rings. The molecule has 0 aliphatic carbocycles. The number of nitrogens with one attached hydrogen (secondary N) is 1. The molecule has 1 aromatic carbocycles. The van der Waals surface area contributed by atoms with Gasteiger partial charge >= 0.3 is 5.97 Å². The SMILES string of the molecule is CCCCCC(=O)ONS(=O)(=O)c1ccccc1. The smallest absolute Gasteiger partial charge is 0.326 e. The van der Waals surface area contributed by atoms with Gasteiger partial charge in [-0.3, -0.25) is 4.79 Å². The quantitative estimate of drug-likeness (QED) is 0.608. The number of hydrogen-bond donors (Lipinski definition) is 1. The predicted octanol–water partition coefficient (Wildman–Crippen LogP) is 2.00. The van der Waals surface area contributed by atoms with Crippen molar-refractivity contribution in [1.29, 1.82) is 0 Å². The minimum absolute atomic E-state index is 0.0614. The second-order valence-electron chi connectivity index (χ2n) is 3.83. The molecule has 18 heavy (non-hydrogen) atoms. The van der Waals surface area contributed by atoms with E-state index in [1.165, 1.54) is 12.1 Å². The van der Waals surface area contributed by atoms with Crippen LogP contribution in [0.1, 0.15) is 32.6 Å². The fourth-order valence-electron chi connectivity index (χ4n) is 1.32. The first-order valence-electron chi connectivity index (χ1n) is 5.83. The van der Waals surface area contributed by atoms with Crippen molar-refractivity contribution in [3.05, 3.63) is 30.3 Å². The molecule has 1 rings (SSSR count). The molecule has 0 aromatic heterocycles. The molecule has 0 radical (unpaired) electrons. The van der Waals surface area contributed by atoms with Crippen molar-refractivity contribution in [1.82, 2.24) is 4.89 Å². The van der Waals surface area contributed by atoms with Crippen molar-refractivity contribution in [2.45, 2.75) is 37.5 Å². The van der Waals surface area contributed by atoms with Gasteiger partial charge in [-0.05, 0) is 23.4 Å². The zero-order valence-electron chi connectivity index (χ0n) is 10.3. The maximum absolute atomic E-state index is 11.7. The van der Waals surface area contributed by atoms with Crippen LogP contribution in [0.4, 0.5) is 0 Å². The number of carbonyl (C=O) groups is 1. The standard InChI is InChI=1S/C12H17NO4S/c1-2-3-5-10-12(14)17-13-18(15,16)11-8-6-4-7-9-11/h4,6-9,13H,2-3,5,10H2,1H3. The number of unbranched alkanes of at least 4 members (excludes halogenated alkanes) is 2. The normalized spacial score (nSPS) is 11.2. The van der Waals surface area contributed by atoms with E-state index in [9.17, 15) is 13.2 Å². The number of rotatable bonds is 7. The Bertz CT molecular complexity index is 470. The lowest BCUT2D eigenvalue weighted by atomic mass is 10.2. The summed E-state index contributed by atoms with van der Waals surface area (Å²) in [5, 5.41) is 0. The lowest BCUT2D eigenvalue weighted by molar-refractivity contribution is -0.147. The van der Waals surface area contributed by atoms with Gasteiger partial charge in [0.1, 0.15) is 0 Å². The van der Waals surface area contributed by atoms with Crippen LogP contribution in [-0.2, 0) is 19.7 Å². The van der Waals surface area contributed by atoms with Crippen LogP contribution in [0, 0.1) is 0 Å². The fourth-order valence-corrected chi connectivity index (χ4v) is 2.13. The Hall–Kier alpha value is -1.40. The van der Waals surface area contributed by atoms with Crippen molar-refractivity contribution in [3.8, 4) is 0 Å². The average Bonchev–Trinajstić information content (AvgIpc) is 2.38. The number of benzene rings is 1. The summed E-state index contributed by atoms with van der Waals surface area (Å²) in [6.07, 6.45) is 2.82. The highest BCUT2D eigenvalue weighted by Gasteiger charge is 2.15. The highest BCUT2D eigenvalue weighted by molar-refractivity contribution is 7.89. The van der Waals surface area contributed by atoms with Crippen molar-refractivity contribution < 1.29 is 18.0 Å². The van der Waals surface area contributed by atoms with Gasteiger partial charge in [-0.2, -0.15) is 0 Å². The van der Waals surface area contributed by atoms with Crippen LogP contribution in [0.15, 0.2) is 35.2 Å². The van der Waals surface area contributed by atoms with Crippen LogP contribution >= 0.6 is 0 Å². The molecule has 0 bridgehead atoms. The van der Waals surface area contributed by atoms with E-state index < -0.39 is 16.0 Å². The number of sulfonamides is 1. The maximum Gasteiger partial charge on any atom is 0.326 e. The molecule has 100 valence electrons. The lowest BCUT2D eigenvalue weighted by Gasteiger charge is -2.06. The first kappa shape index (κ1) is 14.7. The van der Waals surface area contributed by atoms with Crippen LogP contribution in [0.25, 0.3) is 0 Å². The summed E-state index contributed by atoms with van der Waals surface area (Å²) in [5.74, 6) is -0.567. The molecule has 0 fully saturated rings. The van der Waals surface area contributed by atoms with Gasteiger partial charge in [0.25, 0.3) is 10.0 Å². The van der Waals surface area contributed by atoms with Gasteiger partial charge in [0.2, 0.25) is 0 Å². The molecule has 0 aliphatic rings. The van der Waals surface area contributed by atoms with Gasteiger partial charge in [0.15, 0.2) is 0 Å². The van der Waals surface area contributed by atoms with Gasteiger partial charge < -0.3 is 4.84 Å². The van der Waals surface area contributed by atoms with Crippen LogP contribution in [0.2, 0.25) is 0 Å². The zero-order chi connectivity index (χ0) is 13.4. The molecule has 0 saturated heterocycles. The topological polar surface area (TPSA) is 72.5 Å². The Kier molecular flexibility index (Phi) is 5.80. The summed E-state index contributed by atoms with van der Waals surface area (Å²) in [7, 11) is -3.78. The van der Waals surface area contributed by atoms with Crippen LogP contribution in [-0.4, -0.2) is 14.4 Å². The average molecular weight is 271 g/mol. The predicted molar refractivity (Wildman–Crippen MR) is 67.0 cm³/mol. The van der Waals surface area contributed by atoms with E-state index in [1.807, 2.05) is 11.8 Å². The summed E-state index contributed by atoms with van der Waals surface area (Å²) >= 11 is 0. The van der Waals surface area contributed by atoms with Crippen molar-refractivity contribution in [2.24, 2.45) is 0 Å². The second-order valence-corrected chi connectivity index (χ2v) is 5.48. The number of carbonyl (C=O) groups excluding carboxylic acids is 1. The highest BCUT2D eigenvalue weighted by atomic mass is 32.2. The van der Waals surface area contributed by atoms with Crippen molar-refractivity contribution in [2.75, 3.05) is 0 Å². The summed E-state index contributed by atoms with van der Waals surface area (Å²) in [5.41, 5.74) is 0. The van der Waals surface area contributed by atoms with E-state index in [1.54, 1.807) is 18.2 Å². The van der Waals surface area contributed by atoms with E-state index in [0.717, 1.165) is 12.8 Å². The summed E-state index contributed by atoms with van der Waals surface area (Å²) < 4.78 is 23.4. The fraction of sp³-hybridized carbons (Fsp3) is 0.417. The molecule has 0 spiro atoms. The molecule has 5 nitrogen and oxygen atoms in total. The van der Waals surface area contributed by atoms with E-state index in [4.69, 9.17) is 0 Å². The first-order chi connectivity index (χ1) is 8.56. The van der Waals surface area contributed by atoms with Gasteiger partial charge in [0, 0.05) is 6.42 Å². The highest BCUT2D eigenvalue weighted by Crippen LogP contribution is 2.07. The lowest BCUT2D eigenvalue weighted by Crippen LogP contribution is -2.27. The van der Waals surface area contributed by atoms with Crippen LogP contribution in [0.5, 0.6) is 0 Å². The third kappa shape index (κ3) is 4.85. The first-order valence-corrected chi connectivity index (χ1v) is 7.31. The maximum atomic E-state index is 11.7. The Morgan fingerprint density at radius 3 is 2.50 bits per heavy atom. The third-order valence-corrected chi connectivity index (χ3v) is 3.50. The largest absolute Gasteiger partial charge is 0.356 e. The molecule has 6 heteroatoms. The number of hydrogen-bond acceptors (Lipinski definition) is 4. The Balaban J connectivity index is 2.46. The third-order valence-electron chi connectivity index (χ3n) is 2.30. The van der Waals surface area contributed by atoms with Gasteiger partial charge in [-0.1, -0.05) is 38.0 Å². The van der Waals surface area contributed by atoms with E-state index >= 15 is 0 Å². The Labute approximate surface area is 107 Å². The van der Waals surface area contributed by atoms with Crippen LogP contribution < -0.4 is 4.89 Å². The summed E-state index contributed by atoms with van der Waals surface area (Å²) in [4.78, 5) is 17.7. The minimum Gasteiger partial charge on any atom is -0.356 e. The Morgan fingerprint density at radius 1 is 1.22 bits per heavy atom. The molecule has 0 saturated carbocycles. The molecule has 0 heterocycles. The molecule has 0 amide bonds. The van der Waals surface area contributed by atoms with Gasteiger partial charge in [-0.25, -0.2) is 8.42 Å².